The van der Waals surface area contributed by atoms with Gasteiger partial charge in [0, 0.05) is 16.5 Å². The first-order valence-electron chi connectivity index (χ1n) is 8.77. The van der Waals surface area contributed by atoms with Crippen LogP contribution in [0.1, 0.15) is 57.2 Å². The number of amides is 1. The van der Waals surface area contributed by atoms with Gasteiger partial charge in [-0.1, -0.05) is 31.5 Å². The zero-order valence-corrected chi connectivity index (χ0v) is 16.9. The molecule has 1 aliphatic rings. The summed E-state index contributed by atoms with van der Waals surface area (Å²) in [5.74, 6) is -2.98. The number of aliphatic hydroxyl groups excluding tert-OH is 1. The number of Topliss-reactive ketones (excluding diaryl/α,β-unsaturated/α-hetero) is 1. The molecule has 1 aromatic carbocycles. The molecule has 146 valence electrons. The lowest BCUT2D eigenvalue weighted by molar-refractivity contribution is -0.154. The molecule has 0 fully saturated rings. The lowest BCUT2D eigenvalue weighted by Gasteiger charge is -2.26. The fourth-order valence-electron chi connectivity index (χ4n) is 3.06. The fourth-order valence-corrected chi connectivity index (χ4v) is 3.36. The molecule has 27 heavy (non-hydrogen) atoms. The molecule has 0 radical (unpaired) electrons. The van der Waals surface area contributed by atoms with Crippen molar-refractivity contribution >= 4 is 35.0 Å². The first-order chi connectivity index (χ1) is 12.5. The molecule has 7 heteroatoms. The number of benzene rings is 1. The summed E-state index contributed by atoms with van der Waals surface area (Å²) in [6, 6.07) is 3.37. The second-order valence-corrected chi connectivity index (χ2v) is 7.83. The van der Waals surface area contributed by atoms with Gasteiger partial charge in [-0.3, -0.25) is 14.4 Å². The Morgan fingerprint density at radius 1 is 1.30 bits per heavy atom. The SMILES string of the molecule is CCc1c(Cl)ccc2c1C(O)=C(C(=O)NCC(=O)OC(C)(C)C)C(=O)C2C. The highest BCUT2D eigenvalue weighted by Gasteiger charge is 2.37. The Hall–Kier alpha value is -2.34. The number of hydrogen-bond donors (Lipinski definition) is 2. The predicted molar refractivity (Wildman–Crippen MR) is 103 cm³/mol. The average Bonchev–Trinajstić information content (AvgIpc) is 2.56. The number of fused-ring (bicyclic) bond motifs is 1. The first kappa shape index (κ1) is 21.0. The minimum atomic E-state index is -0.817. The Morgan fingerprint density at radius 2 is 1.93 bits per heavy atom. The highest BCUT2D eigenvalue weighted by molar-refractivity contribution is 6.32. The van der Waals surface area contributed by atoms with Crippen molar-refractivity contribution in [1.29, 1.82) is 0 Å². The number of carbonyl (C=O) groups excluding carboxylic acids is 3. The van der Waals surface area contributed by atoms with Crippen LogP contribution in [0, 0.1) is 0 Å². The van der Waals surface area contributed by atoms with Crippen molar-refractivity contribution in [2.75, 3.05) is 6.54 Å². The van der Waals surface area contributed by atoms with Gasteiger partial charge in [0.15, 0.2) is 5.78 Å². The smallest absolute Gasteiger partial charge is 0.325 e. The topological polar surface area (TPSA) is 92.7 Å². The van der Waals surface area contributed by atoms with Crippen LogP contribution in [0.15, 0.2) is 17.7 Å². The van der Waals surface area contributed by atoms with Crippen LogP contribution >= 0.6 is 11.6 Å². The fraction of sp³-hybridized carbons (Fsp3) is 0.450. The highest BCUT2D eigenvalue weighted by Crippen LogP contribution is 2.39. The van der Waals surface area contributed by atoms with E-state index in [0.717, 1.165) is 0 Å². The quantitative estimate of drug-likeness (QED) is 0.604. The monoisotopic (exact) mass is 393 g/mol. The number of halogens is 1. The van der Waals surface area contributed by atoms with Gasteiger partial charge >= 0.3 is 5.97 Å². The van der Waals surface area contributed by atoms with Crippen LogP contribution in [0.4, 0.5) is 0 Å². The van der Waals surface area contributed by atoms with Crippen LogP contribution in [0.3, 0.4) is 0 Å². The molecule has 6 nitrogen and oxygen atoms in total. The van der Waals surface area contributed by atoms with E-state index < -0.39 is 41.5 Å². The number of aliphatic hydroxyl groups is 1. The van der Waals surface area contributed by atoms with Crippen molar-refractivity contribution in [3.63, 3.8) is 0 Å². The largest absolute Gasteiger partial charge is 0.506 e. The first-order valence-corrected chi connectivity index (χ1v) is 9.14. The van der Waals surface area contributed by atoms with Crippen molar-refractivity contribution in [3.8, 4) is 0 Å². The van der Waals surface area contributed by atoms with E-state index in [1.807, 2.05) is 6.92 Å². The Kier molecular flexibility index (Phi) is 6.00. The number of rotatable bonds is 4. The van der Waals surface area contributed by atoms with Crippen LogP contribution in [-0.2, 0) is 25.5 Å². The summed E-state index contributed by atoms with van der Waals surface area (Å²) in [5, 5.41) is 13.5. The van der Waals surface area contributed by atoms with Crippen LogP contribution in [0.25, 0.3) is 5.76 Å². The molecule has 1 amide bonds. The number of carbonyl (C=O) groups is 3. The van der Waals surface area contributed by atoms with Gasteiger partial charge in [-0.05, 0) is 44.4 Å². The van der Waals surface area contributed by atoms with E-state index in [0.29, 0.717) is 28.1 Å². The molecule has 0 bridgehead atoms. The molecule has 2 N–H and O–H groups in total. The normalized spacial score (nSPS) is 16.8. The Labute approximate surface area is 163 Å². The number of hydrogen-bond acceptors (Lipinski definition) is 5. The maximum absolute atomic E-state index is 12.7. The second kappa shape index (κ2) is 7.72. The minimum Gasteiger partial charge on any atom is -0.506 e. The van der Waals surface area contributed by atoms with Crippen molar-refractivity contribution in [3.05, 3.63) is 39.4 Å². The van der Waals surface area contributed by atoms with Crippen LogP contribution in [0.5, 0.6) is 0 Å². The molecule has 0 saturated heterocycles. The van der Waals surface area contributed by atoms with Gasteiger partial charge in [-0.25, -0.2) is 0 Å². The van der Waals surface area contributed by atoms with Crippen molar-refractivity contribution < 1.29 is 24.2 Å². The number of nitrogens with one attached hydrogen (secondary N) is 1. The molecule has 1 aromatic rings. The molecule has 0 saturated carbocycles. The molecule has 0 spiro atoms. The lowest BCUT2D eigenvalue weighted by atomic mass is 9.79. The van der Waals surface area contributed by atoms with E-state index in [4.69, 9.17) is 16.3 Å². The van der Waals surface area contributed by atoms with Crippen LogP contribution < -0.4 is 5.32 Å². The van der Waals surface area contributed by atoms with Gasteiger partial charge in [0.1, 0.15) is 23.5 Å². The van der Waals surface area contributed by atoms with E-state index in [9.17, 15) is 19.5 Å². The molecule has 0 heterocycles. The van der Waals surface area contributed by atoms with Gasteiger partial charge in [-0.15, -0.1) is 0 Å². The summed E-state index contributed by atoms with van der Waals surface area (Å²) in [7, 11) is 0. The average molecular weight is 394 g/mol. The molecular weight excluding hydrogens is 370 g/mol. The third-order valence-corrected chi connectivity index (χ3v) is 4.62. The number of ether oxygens (including phenoxy) is 1. The molecule has 1 aliphatic carbocycles. The molecule has 0 aliphatic heterocycles. The van der Waals surface area contributed by atoms with E-state index in [-0.39, 0.29) is 5.57 Å². The second-order valence-electron chi connectivity index (χ2n) is 7.42. The summed E-state index contributed by atoms with van der Waals surface area (Å²) >= 11 is 6.22. The van der Waals surface area contributed by atoms with Gasteiger partial charge in [-0.2, -0.15) is 0 Å². The molecule has 2 rings (SSSR count). The maximum atomic E-state index is 12.7. The van der Waals surface area contributed by atoms with E-state index in [2.05, 4.69) is 5.32 Å². The minimum absolute atomic E-state index is 0.365. The van der Waals surface area contributed by atoms with Gasteiger partial charge in [0.2, 0.25) is 0 Å². The van der Waals surface area contributed by atoms with Gasteiger partial charge in [0.05, 0.1) is 0 Å². The highest BCUT2D eigenvalue weighted by atomic mass is 35.5. The van der Waals surface area contributed by atoms with Gasteiger partial charge < -0.3 is 15.2 Å². The zero-order chi connectivity index (χ0) is 20.5. The summed E-state index contributed by atoms with van der Waals surface area (Å²) in [4.78, 5) is 37.0. The number of ketones is 1. The van der Waals surface area contributed by atoms with E-state index in [1.54, 1.807) is 39.8 Å². The van der Waals surface area contributed by atoms with Crippen molar-refractivity contribution in [2.45, 2.75) is 52.6 Å². The standard InChI is InChI=1S/C20H24ClNO5/c1-6-11-13(21)8-7-12-10(2)17(24)16(18(25)15(11)12)19(26)22-9-14(23)27-20(3,4)5/h7-8,10,25H,6,9H2,1-5H3,(H,22,26). The third kappa shape index (κ3) is 4.33. The number of esters is 1. The Bertz CT molecular complexity index is 836. The molecule has 1 atom stereocenters. The van der Waals surface area contributed by atoms with Crippen molar-refractivity contribution in [2.24, 2.45) is 0 Å². The van der Waals surface area contributed by atoms with E-state index in [1.165, 1.54) is 0 Å². The molecular formula is C20H24ClNO5. The van der Waals surface area contributed by atoms with E-state index >= 15 is 0 Å². The van der Waals surface area contributed by atoms with Crippen molar-refractivity contribution in [1.82, 2.24) is 5.32 Å². The Morgan fingerprint density at radius 3 is 2.48 bits per heavy atom. The summed E-state index contributed by atoms with van der Waals surface area (Å²) in [6.45, 7) is 8.26. The zero-order valence-electron chi connectivity index (χ0n) is 16.1. The molecule has 1 unspecified atom stereocenters. The summed E-state index contributed by atoms with van der Waals surface area (Å²) in [6.07, 6.45) is 0.528. The third-order valence-electron chi connectivity index (χ3n) is 4.26. The predicted octanol–water partition coefficient (Wildman–Crippen LogP) is 3.32. The van der Waals surface area contributed by atoms with Gasteiger partial charge in [0.25, 0.3) is 5.91 Å². The lowest BCUT2D eigenvalue weighted by Crippen LogP contribution is -2.38. The maximum Gasteiger partial charge on any atom is 0.325 e. The summed E-state index contributed by atoms with van der Waals surface area (Å²) < 4.78 is 5.12. The summed E-state index contributed by atoms with van der Waals surface area (Å²) in [5.41, 5.74) is 0.658. The molecule has 0 aromatic heterocycles. The van der Waals surface area contributed by atoms with Crippen LogP contribution in [0.2, 0.25) is 5.02 Å². The van der Waals surface area contributed by atoms with Crippen LogP contribution in [-0.4, -0.2) is 34.9 Å². The Balaban J connectivity index is 2.37.